The average Bonchev–Trinajstić information content (AvgIpc) is 2.44. The van der Waals surface area contributed by atoms with Crippen molar-refractivity contribution in [2.45, 2.75) is 39.3 Å². The first-order valence-electron chi connectivity index (χ1n) is 7.01. The highest BCUT2D eigenvalue weighted by Crippen LogP contribution is 2.22. The van der Waals surface area contributed by atoms with E-state index in [1.54, 1.807) is 0 Å². The molecule has 0 saturated carbocycles. The van der Waals surface area contributed by atoms with Gasteiger partial charge in [0.15, 0.2) is 0 Å². The Hall–Kier alpha value is -1.76. The van der Waals surface area contributed by atoms with Crippen molar-refractivity contribution in [3.8, 4) is 0 Å². The zero-order chi connectivity index (χ0) is 14.7. The Balaban J connectivity index is 2.24. The first kappa shape index (κ1) is 14.6. The van der Waals surface area contributed by atoms with Gasteiger partial charge < -0.3 is 15.8 Å². The van der Waals surface area contributed by atoms with Gasteiger partial charge in [-0.25, -0.2) is 4.79 Å². The Morgan fingerprint density at radius 2 is 2.10 bits per heavy atom. The molecule has 1 unspecified atom stereocenters. The summed E-state index contributed by atoms with van der Waals surface area (Å²) in [4.78, 5) is 25.8. The minimum atomic E-state index is -0.473. The van der Waals surface area contributed by atoms with Crippen LogP contribution in [-0.2, 0) is 11.3 Å². The van der Waals surface area contributed by atoms with E-state index in [2.05, 4.69) is 10.3 Å². The number of nitrogens with one attached hydrogen (secondary N) is 2. The molecule has 7 nitrogen and oxygen atoms in total. The van der Waals surface area contributed by atoms with Crippen molar-refractivity contribution >= 4 is 11.5 Å². The third kappa shape index (κ3) is 2.87. The Bertz CT molecular complexity index is 572. The van der Waals surface area contributed by atoms with E-state index in [4.69, 9.17) is 10.5 Å². The molecule has 0 aromatic carbocycles. The van der Waals surface area contributed by atoms with Gasteiger partial charge in [0.05, 0.1) is 0 Å². The van der Waals surface area contributed by atoms with Crippen LogP contribution in [0.15, 0.2) is 9.59 Å². The molecule has 7 heteroatoms. The van der Waals surface area contributed by atoms with E-state index in [0.29, 0.717) is 12.5 Å². The zero-order valence-electron chi connectivity index (χ0n) is 11.9. The van der Waals surface area contributed by atoms with Crippen molar-refractivity contribution in [2.24, 2.45) is 5.92 Å². The fourth-order valence-corrected chi connectivity index (χ4v) is 2.60. The van der Waals surface area contributed by atoms with E-state index in [-0.39, 0.29) is 17.5 Å². The van der Waals surface area contributed by atoms with Crippen molar-refractivity contribution in [1.82, 2.24) is 9.55 Å². The third-order valence-electron chi connectivity index (χ3n) is 3.90. The number of anilines is 2. The number of aromatic amines is 1. The summed E-state index contributed by atoms with van der Waals surface area (Å²) in [5.74, 6) is 0.629. The topological polar surface area (TPSA) is 102 Å². The van der Waals surface area contributed by atoms with Crippen LogP contribution in [0.4, 0.5) is 11.5 Å². The molecule has 1 aromatic rings. The number of nitrogen functional groups attached to an aromatic ring is 1. The predicted molar refractivity (Wildman–Crippen MR) is 78.0 cm³/mol. The standard InChI is InChI=1S/C13H22N4O3/c1-3-17-11(14)10(12(18)16-13(17)19)15-8(2)9-4-6-20-7-5-9/h8-9,15H,3-7,14H2,1-2H3,(H,16,18,19). The number of aromatic nitrogens is 2. The van der Waals surface area contributed by atoms with Gasteiger partial charge in [0.1, 0.15) is 11.5 Å². The lowest BCUT2D eigenvalue weighted by Gasteiger charge is -2.29. The maximum atomic E-state index is 11.9. The molecule has 1 saturated heterocycles. The molecule has 0 spiro atoms. The quantitative estimate of drug-likeness (QED) is 0.740. The summed E-state index contributed by atoms with van der Waals surface area (Å²) in [6, 6.07) is 0.102. The van der Waals surface area contributed by atoms with E-state index in [9.17, 15) is 9.59 Å². The predicted octanol–water partition coefficient (Wildman–Crippen LogP) is 0.366. The van der Waals surface area contributed by atoms with Crippen LogP contribution >= 0.6 is 0 Å². The highest BCUT2D eigenvalue weighted by atomic mass is 16.5. The summed E-state index contributed by atoms with van der Waals surface area (Å²) >= 11 is 0. The monoisotopic (exact) mass is 282 g/mol. The molecule has 20 heavy (non-hydrogen) atoms. The number of ether oxygens (including phenoxy) is 1. The largest absolute Gasteiger partial charge is 0.383 e. The summed E-state index contributed by atoms with van der Waals surface area (Å²) in [7, 11) is 0. The smallest absolute Gasteiger partial charge is 0.330 e. The molecule has 1 atom stereocenters. The van der Waals surface area contributed by atoms with Crippen LogP contribution in [-0.4, -0.2) is 28.8 Å². The molecule has 0 aliphatic carbocycles. The molecule has 1 aliphatic rings. The number of rotatable bonds is 4. The molecule has 112 valence electrons. The van der Waals surface area contributed by atoms with Gasteiger partial charge in [-0.2, -0.15) is 0 Å². The Morgan fingerprint density at radius 1 is 1.45 bits per heavy atom. The second-order valence-electron chi connectivity index (χ2n) is 5.15. The highest BCUT2D eigenvalue weighted by Gasteiger charge is 2.22. The lowest BCUT2D eigenvalue weighted by Crippen LogP contribution is -2.37. The fraction of sp³-hybridized carbons (Fsp3) is 0.692. The summed E-state index contributed by atoms with van der Waals surface area (Å²) < 4.78 is 6.68. The minimum absolute atomic E-state index is 0.102. The maximum absolute atomic E-state index is 11.9. The number of H-pyrrole nitrogens is 1. The Labute approximate surface area is 117 Å². The Morgan fingerprint density at radius 3 is 2.70 bits per heavy atom. The van der Waals surface area contributed by atoms with Crippen LogP contribution in [0.2, 0.25) is 0 Å². The van der Waals surface area contributed by atoms with Gasteiger partial charge in [-0.05, 0) is 32.6 Å². The highest BCUT2D eigenvalue weighted by molar-refractivity contribution is 5.60. The van der Waals surface area contributed by atoms with Gasteiger partial charge in [0, 0.05) is 25.8 Å². The van der Waals surface area contributed by atoms with Crippen LogP contribution in [0.5, 0.6) is 0 Å². The van der Waals surface area contributed by atoms with E-state index in [1.807, 2.05) is 13.8 Å². The van der Waals surface area contributed by atoms with Crippen LogP contribution < -0.4 is 22.3 Å². The van der Waals surface area contributed by atoms with Crippen LogP contribution in [0.3, 0.4) is 0 Å². The SMILES string of the molecule is CCn1c(N)c(NC(C)C2CCOCC2)c(=O)[nH]c1=O. The average molecular weight is 282 g/mol. The zero-order valence-corrected chi connectivity index (χ0v) is 11.9. The number of hydrogen-bond acceptors (Lipinski definition) is 5. The number of hydrogen-bond donors (Lipinski definition) is 3. The van der Waals surface area contributed by atoms with Crippen LogP contribution in [0.25, 0.3) is 0 Å². The lowest BCUT2D eigenvalue weighted by molar-refractivity contribution is 0.0622. The molecular formula is C13H22N4O3. The summed E-state index contributed by atoms with van der Waals surface area (Å²) in [5, 5.41) is 3.17. The van der Waals surface area contributed by atoms with E-state index in [0.717, 1.165) is 26.1 Å². The second kappa shape index (κ2) is 6.13. The van der Waals surface area contributed by atoms with Gasteiger partial charge in [-0.1, -0.05) is 0 Å². The van der Waals surface area contributed by atoms with Crippen LogP contribution in [0, 0.1) is 5.92 Å². The molecule has 2 heterocycles. The first-order valence-corrected chi connectivity index (χ1v) is 7.01. The van der Waals surface area contributed by atoms with Crippen molar-refractivity contribution in [2.75, 3.05) is 24.3 Å². The van der Waals surface area contributed by atoms with Gasteiger partial charge >= 0.3 is 5.69 Å². The molecule has 1 aromatic heterocycles. The lowest BCUT2D eigenvalue weighted by atomic mass is 9.93. The van der Waals surface area contributed by atoms with Gasteiger partial charge in [0.2, 0.25) is 0 Å². The molecular weight excluding hydrogens is 260 g/mol. The van der Waals surface area contributed by atoms with Gasteiger partial charge in [0.25, 0.3) is 5.56 Å². The molecule has 2 rings (SSSR count). The molecule has 0 radical (unpaired) electrons. The van der Waals surface area contributed by atoms with Gasteiger partial charge in [-0.3, -0.25) is 14.3 Å². The van der Waals surface area contributed by atoms with Crippen molar-refractivity contribution in [3.63, 3.8) is 0 Å². The summed E-state index contributed by atoms with van der Waals surface area (Å²) in [5.41, 5.74) is 5.28. The Kier molecular flexibility index (Phi) is 4.49. The second-order valence-corrected chi connectivity index (χ2v) is 5.15. The fourth-order valence-electron chi connectivity index (χ4n) is 2.60. The minimum Gasteiger partial charge on any atom is -0.383 e. The molecule has 1 aliphatic heterocycles. The first-order chi connectivity index (χ1) is 9.54. The van der Waals surface area contributed by atoms with E-state index >= 15 is 0 Å². The van der Waals surface area contributed by atoms with Gasteiger partial charge in [-0.15, -0.1) is 0 Å². The van der Waals surface area contributed by atoms with Crippen LogP contribution in [0.1, 0.15) is 26.7 Å². The number of nitrogens with two attached hydrogens (primary N) is 1. The summed E-state index contributed by atoms with van der Waals surface area (Å²) in [6.45, 7) is 5.74. The van der Waals surface area contributed by atoms with Crippen molar-refractivity contribution < 1.29 is 4.74 Å². The molecule has 4 N–H and O–H groups in total. The van der Waals surface area contributed by atoms with E-state index in [1.165, 1.54) is 4.57 Å². The van der Waals surface area contributed by atoms with Crippen molar-refractivity contribution in [1.29, 1.82) is 0 Å². The molecule has 0 amide bonds. The molecule has 1 fully saturated rings. The maximum Gasteiger partial charge on any atom is 0.330 e. The summed E-state index contributed by atoms with van der Waals surface area (Å²) in [6.07, 6.45) is 1.92. The molecule has 0 bridgehead atoms. The number of nitrogens with zero attached hydrogens (tertiary/aromatic N) is 1. The van der Waals surface area contributed by atoms with Crippen molar-refractivity contribution in [3.05, 3.63) is 20.8 Å². The third-order valence-corrected chi connectivity index (χ3v) is 3.90. The normalized spacial score (nSPS) is 17.9. The van der Waals surface area contributed by atoms with E-state index < -0.39 is 11.2 Å².